The molecule has 1 heterocycles. The Kier molecular flexibility index (Phi) is 4.50. The lowest BCUT2D eigenvalue weighted by molar-refractivity contribution is 0.0392. The molecule has 0 aromatic heterocycles. The molecule has 0 amide bonds. The summed E-state index contributed by atoms with van der Waals surface area (Å²) in [6.45, 7) is 3.02. The van der Waals surface area contributed by atoms with Crippen LogP contribution in [0.5, 0.6) is 5.75 Å². The summed E-state index contributed by atoms with van der Waals surface area (Å²) in [5.41, 5.74) is 0. The quantitative estimate of drug-likeness (QED) is 0.835. The number of halogens is 1. The molecule has 1 aromatic carbocycles. The molecule has 106 valence electrons. The molecule has 0 saturated carbocycles. The van der Waals surface area contributed by atoms with E-state index in [1.54, 1.807) is 18.2 Å². The highest BCUT2D eigenvalue weighted by atomic mass is 79.9. The van der Waals surface area contributed by atoms with Crippen molar-refractivity contribution in [2.24, 2.45) is 0 Å². The van der Waals surface area contributed by atoms with Crippen LogP contribution in [0.2, 0.25) is 0 Å². The van der Waals surface area contributed by atoms with Gasteiger partial charge in [0, 0.05) is 17.1 Å². The first-order valence-corrected chi connectivity index (χ1v) is 8.13. The molecule has 7 heteroatoms. The largest absolute Gasteiger partial charge is 0.495 e. The van der Waals surface area contributed by atoms with Crippen molar-refractivity contribution < 1.29 is 17.9 Å². The summed E-state index contributed by atoms with van der Waals surface area (Å²) in [6.07, 6.45) is 0. The van der Waals surface area contributed by atoms with Crippen LogP contribution in [0.15, 0.2) is 27.6 Å². The minimum atomic E-state index is -3.58. The van der Waals surface area contributed by atoms with Crippen LogP contribution in [-0.2, 0) is 14.8 Å². The van der Waals surface area contributed by atoms with E-state index in [-0.39, 0.29) is 10.9 Å². The van der Waals surface area contributed by atoms with E-state index in [9.17, 15) is 8.42 Å². The van der Waals surface area contributed by atoms with Gasteiger partial charge in [0.1, 0.15) is 10.6 Å². The summed E-state index contributed by atoms with van der Waals surface area (Å²) < 4.78 is 38.0. The van der Waals surface area contributed by atoms with E-state index in [0.717, 1.165) is 0 Å². The van der Waals surface area contributed by atoms with Crippen LogP contribution in [-0.4, -0.2) is 45.6 Å². The standard InChI is InChI=1S/C12H16BrNO4S/c1-9-8-18-6-5-14(9)19(15,16)12-7-10(13)3-4-11(12)17-2/h3-4,7,9H,5-6,8H2,1-2H3. The number of rotatable bonds is 3. The highest BCUT2D eigenvalue weighted by molar-refractivity contribution is 9.10. The van der Waals surface area contributed by atoms with Gasteiger partial charge in [-0.15, -0.1) is 0 Å². The fourth-order valence-corrected chi connectivity index (χ4v) is 4.34. The zero-order valence-electron chi connectivity index (χ0n) is 10.8. The molecule has 1 unspecified atom stereocenters. The van der Waals surface area contributed by atoms with Crippen molar-refractivity contribution in [3.8, 4) is 5.75 Å². The molecule has 19 heavy (non-hydrogen) atoms. The van der Waals surface area contributed by atoms with Crippen molar-refractivity contribution in [1.29, 1.82) is 0 Å². The molecule has 5 nitrogen and oxygen atoms in total. The van der Waals surface area contributed by atoms with Crippen molar-refractivity contribution in [3.05, 3.63) is 22.7 Å². The zero-order valence-corrected chi connectivity index (χ0v) is 13.2. The Morgan fingerprint density at radius 3 is 2.84 bits per heavy atom. The molecule has 1 aliphatic rings. The minimum absolute atomic E-state index is 0.178. The first-order valence-electron chi connectivity index (χ1n) is 5.90. The molecular weight excluding hydrogens is 334 g/mol. The number of morpholine rings is 1. The van der Waals surface area contributed by atoms with Gasteiger partial charge in [-0.2, -0.15) is 4.31 Å². The number of methoxy groups -OCH3 is 1. The predicted molar refractivity (Wildman–Crippen MR) is 74.9 cm³/mol. The Hall–Kier alpha value is -0.630. The van der Waals surface area contributed by atoms with Crippen LogP contribution in [0.1, 0.15) is 6.92 Å². The van der Waals surface area contributed by atoms with Crippen LogP contribution in [0, 0.1) is 0 Å². The summed E-state index contributed by atoms with van der Waals surface area (Å²) in [5.74, 6) is 0.349. The van der Waals surface area contributed by atoms with E-state index in [0.29, 0.717) is 30.0 Å². The van der Waals surface area contributed by atoms with Crippen LogP contribution in [0.3, 0.4) is 0 Å². The number of nitrogens with zero attached hydrogens (tertiary/aromatic N) is 1. The molecule has 0 spiro atoms. The van der Waals surface area contributed by atoms with Crippen molar-refractivity contribution >= 4 is 26.0 Å². The minimum Gasteiger partial charge on any atom is -0.495 e. The summed E-state index contributed by atoms with van der Waals surface area (Å²) in [4.78, 5) is 0.179. The van der Waals surface area contributed by atoms with E-state index in [2.05, 4.69) is 15.9 Å². The number of hydrogen-bond donors (Lipinski definition) is 0. The van der Waals surface area contributed by atoms with E-state index >= 15 is 0 Å². The smallest absolute Gasteiger partial charge is 0.247 e. The Labute approximate surface area is 121 Å². The van der Waals surface area contributed by atoms with E-state index in [1.165, 1.54) is 11.4 Å². The lowest BCUT2D eigenvalue weighted by atomic mass is 10.3. The Balaban J connectivity index is 2.46. The van der Waals surface area contributed by atoms with Gasteiger partial charge in [-0.3, -0.25) is 0 Å². The Morgan fingerprint density at radius 2 is 2.21 bits per heavy atom. The second-order valence-electron chi connectivity index (χ2n) is 4.33. The number of benzene rings is 1. The monoisotopic (exact) mass is 349 g/mol. The maximum atomic E-state index is 12.7. The van der Waals surface area contributed by atoms with Crippen LogP contribution < -0.4 is 4.74 Å². The first kappa shape index (κ1) is 14.8. The number of ether oxygens (including phenoxy) is 2. The molecule has 0 radical (unpaired) electrons. The molecule has 1 aliphatic heterocycles. The molecule has 2 rings (SSSR count). The topological polar surface area (TPSA) is 55.8 Å². The molecule has 0 aliphatic carbocycles. The Morgan fingerprint density at radius 1 is 1.47 bits per heavy atom. The summed E-state index contributed by atoms with van der Waals surface area (Å²) in [7, 11) is -2.11. The lowest BCUT2D eigenvalue weighted by Crippen LogP contribution is -2.47. The third-order valence-electron chi connectivity index (χ3n) is 3.02. The second kappa shape index (κ2) is 5.78. The third-order valence-corrected chi connectivity index (χ3v) is 5.55. The van der Waals surface area contributed by atoms with Crippen LogP contribution in [0.4, 0.5) is 0 Å². The van der Waals surface area contributed by atoms with E-state index in [4.69, 9.17) is 9.47 Å². The highest BCUT2D eigenvalue weighted by Crippen LogP contribution is 2.31. The number of sulfonamides is 1. The molecule has 1 aromatic rings. The Bertz CT molecular complexity index is 561. The van der Waals surface area contributed by atoms with Gasteiger partial charge in [-0.1, -0.05) is 15.9 Å². The van der Waals surface area contributed by atoms with Gasteiger partial charge >= 0.3 is 0 Å². The second-order valence-corrected chi connectivity index (χ2v) is 7.11. The van der Waals surface area contributed by atoms with Crippen molar-refractivity contribution in [3.63, 3.8) is 0 Å². The van der Waals surface area contributed by atoms with E-state index in [1.807, 2.05) is 6.92 Å². The molecule has 0 bridgehead atoms. The molecule has 1 saturated heterocycles. The third kappa shape index (κ3) is 2.94. The molecule has 1 atom stereocenters. The molecule has 0 N–H and O–H groups in total. The molecular formula is C12H16BrNO4S. The van der Waals surface area contributed by atoms with Gasteiger partial charge in [0.25, 0.3) is 0 Å². The van der Waals surface area contributed by atoms with Gasteiger partial charge in [0.05, 0.1) is 20.3 Å². The average molecular weight is 350 g/mol. The lowest BCUT2D eigenvalue weighted by Gasteiger charge is -2.32. The summed E-state index contributed by atoms with van der Waals surface area (Å²) in [5, 5.41) is 0. The van der Waals surface area contributed by atoms with Crippen molar-refractivity contribution in [2.75, 3.05) is 26.9 Å². The fraction of sp³-hybridized carbons (Fsp3) is 0.500. The normalized spacial score (nSPS) is 21.3. The maximum Gasteiger partial charge on any atom is 0.247 e. The van der Waals surface area contributed by atoms with Gasteiger partial charge in [-0.25, -0.2) is 8.42 Å². The number of hydrogen-bond acceptors (Lipinski definition) is 4. The average Bonchev–Trinajstić information content (AvgIpc) is 2.39. The fourth-order valence-electron chi connectivity index (χ4n) is 2.05. The summed E-state index contributed by atoms with van der Waals surface area (Å²) in [6, 6.07) is 4.78. The van der Waals surface area contributed by atoms with Crippen molar-refractivity contribution in [2.45, 2.75) is 17.9 Å². The molecule has 1 fully saturated rings. The highest BCUT2D eigenvalue weighted by Gasteiger charge is 2.33. The predicted octanol–water partition coefficient (Wildman–Crippen LogP) is 1.87. The first-order chi connectivity index (χ1) is 8.96. The van der Waals surface area contributed by atoms with Crippen LogP contribution in [0.25, 0.3) is 0 Å². The van der Waals surface area contributed by atoms with E-state index < -0.39 is 10.0 Å². The van der Waals surface area contributed by atoms with Gasteiger partial charge in [-0.05, 0) is 25.1 Å². The SMILES string of the molecule is COc1ccc(Br)cc1S(=O)(=O)N1CCOCC1C. The van der Waals surface area contributed by atoms with Gasteiger partial charge < -0.3 is 9.47 Å². The van der Waals surface area contributed by atoms with Gasteiger partial charge in [0.2, 0.25) is 10.0 Å². The zero-order chi connectivity index (χ0) is 14.0. The van der Waals surface area contributed by atoms with Gasteiger partial charge in [0.15, 0.2) is 0 Å². The maximum absolute atomic E-state index is 12.7. The van der Waals surface area contributed by atoms with Crippen LogP contribution >= 0.6 is 15.9 Å². The van der Waals surface area contributed by atoms with Crippen molar-refractivity contribution in [1.82, 2.24) is 4.31 Å². The summed E-state index contributed by atoms with van der Waals surface area (Å²) >= 11 is 3.29.